The maximum Gasteiger partial charge on any atom is 0.270 e. The Labute approximate surface area is 224 Å². The summed E-state index contributed by atoms with van der Waals surface area (Å²) in [7, 11) is 1.51. The Morgan fingerprint density at radius 2 is 1.67 bits per heavy atom. The van der Waals surface area contributed by atoms with Crippen LogP contribution in [0.2, 0.25) is 10.0 Å². The molecular formula is C27H22Cl2N2O4S. The Hall–Kier alpha value is -3.39. The molecule has 1 saturated heterocycles. The number of amides is 2. The molecular weight excluding hydrogens is 519 g/mol. The van der Waals surface area contributed by atoms with Gasteiger partial charge in [-0.3, -0.25) is 19.8 Å². The van der Waals surface area contributed by atoms with Gasteiger partial charge in [-0.15, -0.1) is 0 Å². The number of carbonyl (C=O) groups is 2. The molecule has 0 radical (unpaired) electrons. The first-order valence-corrected chi connectivity index (χ1v) is 12.2. The topological polar surface area (TPSA) is 67.9 Å². The zero-order chi connectivity index (χ0) is 25.8. The highest BCUT2D eigenvalue weighted by molar-refractivity contribution is 7.80. The molecule has 1 fully saturated rings. The van der Waals surface area contributed by atoms with E-state index in [0.29, 0.717) is 32.8 Å². The summed E-state index contributed by atoms with van der Waals surface area (Å²) in [6, 6.07) is 17.8. The van der Waals surface area contributed by atoms with Gasteiger partial charge < -0.3 is 9.47 Å². The van der Waals surface area contributed by atoms with Crippen molar-refractivity contribution in [2.24, 2.45) is 0 Å². The van der Waals surface area contributed by atoms with Crippen LogP contribution in [0.15, 0.2) is 66.2 Å². The van der Waals surface area contributed by atoms with Gasteiger partial charge in [-0.1, -0.05) is 54.4 Å². The fourth-order valence-electron chi connectivity index (χ4n) is 3.62. The van der Waals surface area contributed by atoms with Crippen molar-refractivity contribution < 1.29 is 19.1 Å². The molecule has 0 aromatic heterocycles. The molecule has 0 spiro atoms. The summed E-state index contributed by atoms with van der Waals surface area (Å²) in [4.78, 5) is 27.2. The molecule has 1 aliphatic rings. The number of nitrogens with zero attached hydrogens (tertiary/aromatic N) is 1. The number of halogens is 2. The molecule has 3 aromatic rings. The molecule has 0 atom stereocenters. The van der Waals surface area contributed by atoms with Crippen molar-refractivity contribution in [3.05, 3.63) is 93.0 Å². The number of benzene rings is 3. The third kappa shape index (κ3) is 5.54. The largest absolute Gasteiger partial charge is 0.493 e. The Morgan fingerprint density at radius 3 is 2.33 bits per heavy atom. The number of hydrogen-bond donors (Lipinski definition) is 1. The number of nitrogens with one attached hydrogen (secondary N) is 1. The zero-order valence-electron chi connectivity index (χ0n) is 19.5. The molecule has 6 nitrogen and oxygen atoms in total. The van der Waals surface area contributed by atoms with Crippen LogP contribution in [-0.4, -0.2) is 24.0 Å². The smallest absolute Gasteiger partial charge is 0.270 e. The fraction of sp³-hybridized carbons (Fsp3) is 0.148. The molecule has 0 bridgehead atoms. The van der Waals surface area contributed by atoms with E-state index in [1.807, 2.05) is 25.1 Å². The van der Waals surface area contributed by atoms with E-state index >= 15 is 0 Å². The van der Waals surface area contributed by atoms with Crippen LogP contribution in [0.5, 0.6) is 11.5 Å². The second-order valence-electron chi connectivity index (χ2n) is 7.93. The van der Waals surface area contributed by atoms with Crippen molar-refractivity contribution in [2.45, 2.75) is 20.0 Å². The Morgan fingerprint density at radius 1 is 0.944 bits per heavy atom. The van der Waals surface area contributed by atoms with Crippen LogP contribution in [0.1, 0.15) is 23.6 Å². The van der Waals surface area contributed by atoms with Crippen molar-refractivity contribution in [1.29, 1.82) is 0 Å². The van der Waals surface area contributed by atoms with Gasteiger partial charge in [0, 0.05) is 0 Å². The van der Waals surface area contributed by atoms with Gasteiger partial charge in [0.15, 0.2) is 16.6 Å². The molecule has 2 amide bonds. The van der Waals surface area contributed by atoms with Gasteiger partial charge in [0.05, 0.1) is 22.8 Å². The van der Waals surface area contributed by atoms with Gasteiger partial charge in [-0.25, -0.2) is 0 Å². The number of methoxy groups -OCH3 is 1. The molecule has 0 aliphatic carbocycles. The van der Waals surface area contributed by atoms with E-state index in [0.717, 1.165) is 17.5 Å². The van der Waals surface area contributed by atoms with Crippen molar-refractivity contribution in [3.8, 4) is 11.5 Å². The maximum absolute atomic E-state index is 13.3. The zero-order valence-corrected chi connectivity index (χ0v) is 21.8. The van der Waals surface area contributed by atoms with Crippen molar-refractivity contribution in [2.75, 3.05) is 12.0 Å². The van der Waals surface area contributed by atoms with Crippen LogP contribution >= 0.6 is 35.4 Å². The van der Waals surface area contributed by atoms with Gasteiger partial charge in [0.2, 0.25) is 0 Å². The number of ether oxygens (including phenoxy) is 2. The monoisotopic (exact) mass is 540 g/mol. The number of hydrogen-bond acceptors (Lipinski definition) is 5. The minimum Gasteiger partial charge on any atom is -0.493 e. The molecule has 36 heavy (non-hydrogen) atoms. The molecule has 9 heteroatoms. The second-order valence-corrected chi connectivity index (χ2v) is 9.13. The predicted octanol–water partition coefficient (Wildman–Crippen LogP) is 5.97. The lowest BCUT2D eigenvalue weighted by molar-refractivity contribution is -0.122. The highest BCUT2D eigenvalue weighted by Crippen LogP contribution is 2.31. The summed E-state index contributed by atoms with van der Waals surface area (Å²) in [5.74, 6) is -0.142. The van der Waals surface area contributed by atoms with Gasteiger partial charge >= 0.3 is 0 Å². The highest BCUT2D eigenvalue weighted by Gasteiger charge is 2.34. The summed E-state index contributed by atoms with van der Waals surface area (Å²) in [5, 5.41) is 3.54. The molecule has 0 saturated carbocycles. The lowest BCUT2D eigenvalue weighted by Crippen LogP contribution is -2.54. The first-order chi connectivity index (χ1) is 17.3. The first kappa shape index (κ1) is 25.7. The summed E-state index contributed by atoms with van der Waals surface area (Å²) >= 11 is 17.3. The van der Waals surface area contributed by atoms with E-state index in [1.54, 1.807) is 42.5 Å². The Balaban J connectivity index is 1.57. The number of anilines is 1. The molecule has 4 rings (SSSR count). The predicted molar refractivity (Wildman–Crippen MR) is 146 cm³/mol. The lowest BCUT2D eigenvalue weighted by Gasteiger charge is -2.29. The molecule has 184 valence electrons. The van der Waals surface area contributed by atoms with E-state index in [4.69, 9.17) is 44.9 Å². The quantitative estimate of drug-likeness (QED) is 0.227. The molecule has 1 N–H and O–H groups in total. The van der Waals surface area contributed by atoms with Gasteiger partial charge in [0.25, 0.3) is 11.8 Å². The third-order valence-corrected chi connectivity index (χ3v) is 6.61. The fourth-order valence-corrected chi connectivity index (χ4v) is 4.22. The van der Waals surface area contributed by atoms with Crippen LogP contribution in [0.25, 0.3) is 6.08 Å². The SMILES string of the molecule is CCc1ccc(N2C(=O)/C(=C/c3ccc(OCc4ccc(Cl)c(Cl)c4)c(OC)c3)C(=O)NC2=S)cc1. The number of rotatable bonds is 7. The van der Waals surface area contributed by atoms with Crippen LogP contribution in [-0.2, 0) is 22.6 Å². The molecule has 1 heterocycles. The van der Waals surface area contributed by atoms with Crippen LogP contribution < -0.4 is 19.7 Å². The molecule has 1 aliphatic heterocycles. The second kappa shape index (κ2) is 11.1. The average Bonchev–Trinajstić information content (AvgIpc) is 2.87. The Kier molecular flexibility index (Phi) is 7.94. The average molecular weight is 541 g/mol. The summed E-state index contributed by atoms with van der Waals surface area (Å²) in [6.45, 7) is 2.29. The van der Waals surface area contributed by atoms with Gasteiger partial charge in [0.1, 0.15) is 12.2 Å². The van der Waals surface area contributed by atoms with Crippen molar-refractivity contribution in [3.63, 3.8) is 0 Å². The van der Waals surface area contributed by atoms with E-state index in [-0.39, 0.29) is 17.3 Å². The standard InChI is InChI=1S/C27H22Cl2N2O4S/c1-3-16-4-8-19(9-5-16)31-26(33)20(25(32)30-27(31)36)12-17-7-11-23(24(14-17)34-2)35-15-18-6-10-21(28)22(29)13-18/h4-14H,3,15H2,1-2H3,(H,30,32,36)/b20-12+. The number of thiocarbonyl (C=S) groups is 1. The maximum atomic E-state index is 13.3. The van der Waals surface area contributed by atoms with Gasteiger partial charge in [-0.2, -0.15) is 0 Å². The Bertz CT molecular complexity index is 1370. The molecule has 0 unspecified atom stereocenters. The summed E-state index contributed by atoms with van der Waals surface area (Å²) in [6.07, 6.45) is 2.37. The lowest BCUT2D eigenvalue weighted by atomic mass is 10.1. The van der Waals surface area contributed by atoms with E-state index in [2.05, 4.69) is 5.32 Å². The normalized spacial score (nSPS) is 14.7. The summed E-state index contributed by atoms with van der Waals surface area (Å²) in [5.41, 5.74) is 3.08. The van der Waals surface area contributed by atoms with E-state index in [1.165, 1.54) is 18.1 Å². The third-order valence-electron chi connectivity index (χ3n) is 5.58. The van der Waals surface area contributed by atoms with E-state index < -0.39 is 11.8 Å². The number of carbonyl (C=O) groups excluding carboxylic acids is 2. The van der Waals surface area contributed by atoms with Gasteiger partial charge in [-0.05, 0) is 77.8 Å². The highest BCUT2D eigenvalue weighted by atomic mass is 35.5. The van der Waals surface area contributed by atoms with Crippen molar-refractivity contribution in [1.82, 2.24) is 5.32 Å². The minimum absolute atomic E-state index is 0.0371. The van der Waals surface area contributed by atoms with Crippen LogP contribution in [0.4, 0.5) is 5.69 Å². The number of aryl methyl sites for hydroxylation is 1. The van der Waals surface area contributed by atoms with Crippen LogP contribution in [0, 0.1) is 0 Å². The van der Waals surface area contributed by atoms with Crippen LogP contribution in [0.3, 0.4) is 0 Å². The molecule has 3 aromatic carbocycles. The van der Waals surface area contributed by atoms with E-state index in [9.17, 15) is 9.59 Å². The van der Waals surface area contributed by atoms with Crippen molar-refractivity contribution >= 4 is 64.1 Å². The minimum atomic E-state index is -0.565. The summed E-state index contributed by atoms with van der Waals surface area (Å²) < 4.78 is 11.4. The first-order valence-electron chi connectivity index (χ1n) is 11.1.